The zero-order chi connectivity index (χ0) is 27.1. The molecular weight excluding hydrogens is 500 g/mol. The van der Waals surface area contributed by atoms with Crippen LogP contribution in [0.4, 0.5) is 0 Å². The number of carbonyl (C=O) groups excluding carboxylic acids is 3. The summed E-state index contributed by atoms with van der Waals surface area (Å²) in [6.45, 7) is 3.81. The Morgan fingerprint density at radius 3 is 1.89 bits per heavy atom. The first-order valence-electron chi connectivity index (χ1n) is 12.1. The number of nitrogens with two attached hydrogens (primary N) is 1. The smallest absolute Gasteiger partial charge is 0.326 e. The van der Waals surface area contributed by atoms with Crippen molar-refractivity contribution in [1.29, 1.82) is 0 Å². The van der Waals surface area contributed by atoms with E-state index in [2.05, 4.69) is 16.0 Å². The second-order valence-electron chi connectivity index (χ2n) is 8.69. The fourth-order valence-electron chi connectivity index (χ4n) is 3.38. The van der Waals surface area contributed by atoms with E-state index in [4.69, 9.17) is 5.73 Å². The van der Waals surface area contributed by atoms with Gasteiger partial charge < -0.3 is 26.8 Å². The number of carboxylic acid groups (broad SMARTS) is 1. The number of nitrogens with one attached hydrogen (secondary N) is 3. The fraction of sp³-hybridized carbons (Fsp3) is 0.600. The normalized spacial score (nSPS) is 15.1. The molecule has 0 aromatic heterocycles. The standard InChI is InChI=1S/C25H40N4O5S2/c1-5-16(2)21(26)24(32)27-18(11-13-35-3)22(30)29-20(15-17-9-7-6-8-10-17)23(31)28-19(25(33)34)12-14-36-4/h6-10,16,18-21H,5,11-15,26H2,1-4H3,(H,27,32)(H,28,31)(H,29,30)(H,33,34). The number of aliphatic carboxylic acids is 1. The molecule has 0 heterocycles. The number of hydrogen-bond acceptors (Lipinski definition) is 7. The van der Waals surface area contributed by atoms with Crippen LogP contribution in [-0.4, -0.2) is 77.0 Å². The first-order valence-corrected chi connectivity index (χ1v) is 14.8. The molecule has 1 aromatic rings. The average Bonchev–Trinajstić information content (AvgIpc) is 2.87. The highest BCUT2D eigenvalue weighted by molar-refractivity contribution is 7.98. The number of benzene rings is 1. The van der Waals surface area contributed by atoms with Crippen molar-refractivity contribution in [3.63, 3.8) is 0 Å². The summed E-state index contributed by atoms with van der Waals surface area (Å²) in [5.41, 5.74) is 6.86. The van der Waals surface area contributed by atoms with Crippen LogP contribution in [0.15, 0.2) is 30.3 Å². The topological polar surface area (TPSA) is 151 Å². The lowest BCUT2D eigenvalue weighted by atomic mass is 9.99. The summed E-state index contributed by atoms with van der Waals surface area (Å²) in [5, 5.41) is 17.6. The third-order valence-corrected chi connectivity index (χ3v) is 7.23. The Morgan fingerprint density at radius 1 is 0.861 bits per heavy atom. The molecule has 0 aliphatic heterocycles. The molecule has 9 nitrogen and oxygen atoms in total. The quantitative estimate of drug-likeness (QED) is 0.200. The van der Waals surface area contributed by atoms with E-state index in [1.54, 1.807) is 0 Å². The molecule has 1 aromatic carbocycles. The Bertz CT molecular complexity index is 843. The van der Waals surface area contributed by atoms with Crippen molar-refractivity contribution in [2.45, 2.75) is 63.7 Å². The monoisotopic (exact) mass is 540 g/mol. The molecule has 5 unspecified atom stereocenters. The summed E-state index contributed by atoms with van der Waals surface area (Å²) in [7, 11) is 0. The first-order chi connectivity index (χ1) is 17.1. The Morgan fingerprint density at radius 2 is 1.36 bits per heavy atom. The SMILES string of the molecule is CCC(C)C(N)C(=O)NC(CCSC)C(=O)NC(Cc1ccccc1)C(=O)NC(CCSC)C(=O)O. The van der Waals surface area contributed by atoms with Crippen LogP contribution in [0.2, 0.25) is 0 Å². The third-order valence-electron chi connectivity index (χ3n) is 5.94. The zero-order valence-corrected chi connectivity index (χ0v) is 23.1. The minimum Gasteiger partial charge on any atom is -0.480 e. The molecular formula is C25H40N4O5S2. The van der Waals surface area contributed by atoms with Crippen LogP contribution in [0.25, 0.3) is 0 Å². The van der Waals surface area contributed by atoms with Crippen LogP contribution in [0.3, 0.4) is 0 Å². The second-order valence-corrected chi connectivity index (χ2v) is 10.7. The maximum atomic E-state index is 13.3. The van der Waals surface area contributed by atoms with Crippen LogP contribution in [0.1, 0.15) is 38.7 Å². The summed E-state index contributed by atoms with van der Waals surface area (Å²) in [5.74, 6) is -1.54. The Kier molecular flexibility index (Phi) is 15.2. The van der Waals surface area contributed by atoms with Gasteiger partial charge in [-0.25, -0.2) is 4.79 Å². The Balaban J connectivity index is 3.09. The summed E-state index contributed by atoms with van der Waals surface area (Å²) in [6, 6.07) is 5.42. The van der Waals surface area contributed by atoms with Gasteiger partial charge in [0.25, 0.3) is 0 Å². The molecule has 0 radical (unpaired) electrons. The van der Waals surface area contributed by atoms with E-state index in [0.29, 0.717) is 17.9 Å². The van der Waals surface area contributed by atoms with Crippen LogP contribution >= 0.6 is 23.5 Å². The summed E-state index contributed by atoms with van der Waals surface area (Å²) in [6.07, 6.45) is 5.26. The van der Waals surface area contributed by atoms with E-state index in [-0.39, 0.29) is 18.8 Å². The van der Waals surface area contributed by atoms with Gasteiger partial charge in [0.15, 0.2) is 0 Å². The molecule has 5 atom stereocenters. The number of thioether (sulfide) groups is 2. The lowest BCUT2D eigenvalue weighted by molar-refractivity contribution is -0.142. The van der Waals surface area contributed by atoms with Crippen molar-refractivity contribution in [2.75, 3.05) is 24.0 Å². The summed E-state index contributed by atoms with van der Waals surface area (Å²) in [4.78, 5) is 50.8. The number of hydrogen-bond donors (Lipinski definition) is 5. The molecule has 0 saturated carbocycles. The Hall–Kier alpha value is -2.24. The summed E-state index contributed by atoms with van der Waals surface area (Å²) >= 11 is 3.01. The molecule has 36 heavy (non-hydrogen) atoms. The molecule has 1 rings (SSSR count). The molecule has 3 amide bonds. The van der Waals surface area contributed by atoms with Crippen LogP contribution in [0, 0.1) is 5.92 Å². The van der Waals surface area contributed by atoms with E-state index >= 15 is 0 Å². The Labute approximate surface area is 222 Å². The molecule has 202 valence electrons. The highest BCUT2D eigenvalue weighted by Crippen LogP contribution is 2.10. The fourth-order valence-corrected chi connectivity index (χ4v) is 4.32. The largest absolute Gasteiger partial charge is 0.480 e. The van der Waals surface area contributed by atoms with Crippen molar-refractivity contribution in [3.05, 3.63) is 35.9 Å². The lowest BCUT2D eigenvalue weighted by Crippen LogP contribution is -2.58. The molecule has 0 aliphatic rings. The van der Waals surface area contributed by atoms with Gasteiger partial charge in [0, 0.05) is 6.42 Å². The van der Waals surface area contributed by atoms with E-state index < -0.39 is 47.9 Å². The van der Waals surface area contributed by atoms with Gasteiger partial charge in [0.2, 0.25) is 17.7 Å². The summed E-state index contributed by atoms with van der Waals surface area (Å²) < 4.78 is 0. The van der Waals surface area contributed by atoms with Gasteiger partial charge in [-0.15, -0.1) is 0 Å². The molecule has 0 spiro atoms. The number of amides is 3. The van der Waals surface area contributed by atoms with Gasteiger partial charge in [-0.05, 0) is 48.3 Å². The van der Waals surface area contributed by atoms with Gasteiger partial charge >= 0.3 is 5.97 Å². The van der Waals surface area contributed by atoms with Crippen molar-refractivity contribution >= 4 is 47.2 Å². The predicted octanol–water partition coefficient (Wildman–Crippen LogP) is 1.65. The third kappa shape index (κ3) is 11.2. The first kappa shape index (κ1) is 31.8. The van der Waals surface area contributed by atoms with Crippen molar-refractivity contribution in [1.82, 2.24) is 16.0 Å². The van der Waals surface area contributed by atoms with E-state index in [0.717, 1.165) is 12.0 Å². The lowest BCUT2D eigenvalue weighted by Gasteiger charge is -2.26. The maximum Gasteiger partial charge on any atom is 0.326 e. The van der Waals surface area contributed by atoms with Gasteiger partial charge in [-0.1, -0.05) is 50.6 Å². The molecule has 0 fully saturated rings. The second kappa shape index (κ2) is 17.3. The molecule has 11 heteroatoms. The van der Waals surface area contributed by atoms with Gasteiger partial charge in [-0.3, -0.25) is 14.4 Å². The van der Waals surface area contributed by atoms with E-state index in [9.17, 15) is 24.3 Å². The zero-order valence-electron chi connectivity index (χ0n) is 21.5. The molecule has 0 aliphatic carbocycles. The van der Waals surface area contributed by atoms with Gasteiger partial charge in [0.05, 0.1) is 6.04 Å². The van der Waals surface area contributed by atoms with E-state index in [1.165, 1.54) is 23.5 Å². The van der Waals surface area contributed by atoms with Crippen molar-refractivity contribution in [3.8, 4) is 0 Å². The van der Waals surface area contributed by atoms with Crippen LogP contribution in [0.5, 0.6) is 0 Å². The minimum atomic E-state index is -1.13. The van der Waals surface area contributed by atoms with Crippen LogP contribution in [-0.2, 0) is 25.6 Å². The number of rotatable bonds is 17. The molecule has 0 bridgehead atoms. The number of carboxylic acids is 1. The highest BCUT2D eigenvalue weighted by atomic mass is 32.2. The van der Waals surface area contributed by atoms with Gasteiger partial charge in [-0.2, -0.15) is 23.5 Å². The predicted molar refractivity (Wildman–Crippen MR) is 147 cm³/mol. The van der Waals surface area contributed by atoms with Crippen LogP contribution < -0.4 is 21.7 Å². The van der Waals surface area contributed by atoms with Crippen molar-refractivity contribution in [2.24, 2.45) is 11.7 Å². The molecule has 0 saturated heterocycles. The van der Waals surface area contributed by atoms with E-state index in [1.807, 2.05) is 56.7 Å². The minimum absolute atomic E-state index is 0.0555. The highest BCUT2D eigenvalue weighted by Gasteiger charge is 2.31. The maximum absolute atomic E-state index is 13.3. The van der Waals surface area contributed by atoms with Crippen molar-refractivity contribution < 1.29 is 24.3 Å². The average molecular weight is 541 g/mol. The molecule has 6 N–H and O–H groups in total. The number of carbonyl (C=O) groups is 4. The van der Waals surface area contributed by atoms with Gasteiger partial charge in [0.1, 0.15) is 18.1 Å².